The van der Waals surface area contributed by atoms with Crippen molar-refractivity contribution in [2.75, 3.05) is 31.2 Å². The van der Waals surface area contributed by atoms with Crippen molar-refractivity contribution >= 4 is 16.6 Å². The molecule has 1 aromatic carbocycles. The van der Waals surface area contributed by atoms with Gasteiger partial charge in [0.1, 0.15) is 17.4 Å². The molecular weight excluding hydrogens is 402 g/mol. The number of aryl methyl sites for hydroxylation is 2. The molecule has 1 saturated heterocycles. The highest BCUT2D eigenvalue weighted by Crippen LogP contribution is 2.35. The fraction of sp³-hybridized carbons (Fsp3) is 0.520. The zero-order chi connectivity index (χ0) is 21.9. The predicted octanol–water partition coefficient (Wildman–Crippen LogP) is 4.05. The Morgan fingerprint density at radius 2 is 1.78 bits per heavy atom. The molecule has 0 N–H and O–H groups in total. The van der Waals surface area contributed by atoms with Gasteiger partial charge in [-0.1, -0.05) is 0 Å². The lowest BCUT2D eigenvalue weighted by Gasteiger charge is -2.31. The summed E-state index contributed by atoms with van der Waals surface area (Å²) in [6, 6.07) is 6.37. The molecule has 2 aliphatic rings. The summed E-state index contributed by atoms with van der Waals surface area (Å²) >= 11 is 0. The van der Waals surface area contributed by atoms with Crippen LogP contribution in [0, 0.1) is 19.8 Å². The van der Waals surface area contributed by atoms with Gasteiger partial charge in [0.15, 0.2) is 0 Å². The third-order valence-electron chi connectivity index (χ3n) is 6.56. The minimum absolute atomic E-state index is 0.225. The molecule has 168 valence electrons. The first kappa shape index (κ1) is 21.1. The summed E-state index contributed by atoms with van der Waals surface area (Å²) in [6.45, 7) is 7.18. The van der Waals surface area contributed by atoms with Crippen molar-refractivity contribution in [1.29, 1.82) is 0 Å². The van der Waals surface area contributed by atoms with E-state index in [2.05, 4.69) is 37.0 Å². The lowest BCUT2D eigenvalue weighted by molar-refractivity contribution is 0.122. The SMILES string of the molecule is Cc1nccc(CC2CCC(Oc3cc(N4CCOCC4)cc4nc(C)ncc34)CC2)n1. The van der Waals surface area contributed by atoms with Crippen LogP contribution in [0.15, 0.2) is 30.6 Å². The first-order valence-electron chi connectivity index (χ1n) is 11.7. The highest BCUT2D eigenvalue weighted by molar-refractivity contribution is 5.88. The van der Waals surface area contributed by atoms with Crippen molar-refractivity contribution in [3.63, 3.8) is 0 Å². The third kappa shape index (κ3) is 4.83. The molecular formula is C25H31N5O2. The first-order valence-corrected chi connectivity index (χ1v) is 11.7. The van der Waals surface area contributed by atoms with Crippen LogP contribution in [0.4, 0.5) is 5.69 Å². The van der Waals surface area contributed by atoms with Gasteiger partial charge in [-0.05, 0) is 64.0 Å². The number of benzene rings is 1. The Labute approximate surface area is 189 Å². The maximum absolute atomic E-state index is 6.59. The van der Waals surface area contributed by atoms with Crippen LogP contribution >= 0.6 is 0 Å². The van der Waals surface area contributed by atoms with Gasteiger partial charge in [-0.2, -0.15) is 0 Å². The third-order valence-corrected chi connectivity index (χ3v) is 6.56. The lowest BCUT2D eigenvalue weighted by atomic mass is 9.84. The van der Waals surface area contributed by atoms with Crippen LogP contribution in [0.25, 0.3) is 10.9 Å². The number of fused-ring (bicyclic) bond motifs is 1. The molecule has 3 aromatic rings. The average Bonchev–Trinajstić information content (AvgIpc) is 2.80. The molecule has 0 atom stereocenters. The maximum atomic E-state index is 6.59. The van der Waals surface area contributed by atoms with E-state index in [1.807, 2.05) is 32.3 Å². The lowest BCUT2D eigenvalue weighted by Crippen LogP contribution is -2.36. The summed E-state index contributed by atoms with van der Waals surface area (Å²) < 4.78 is 12.1. The largest absolute Gasteiger partial charge is 0.490 e. The molecule has 1 aliphatic carbocycles. The minimum atomic E-state index is 0.225. The summed E-state index contributed by atoms with van der Waals surface area (Å²) in [6.07, 6.45) is 9.45. The van der Waals surface area contributed by atoms with E-state index in [4.69, 9.17) is 9.47 Å². The summed E-state index contributed by atoms with van der Waals surface area (Å²) in [5.74, 6) is 3.19. The summed E-state index contributed by atoms with van der Waals surface area (Å²) in [7, 11) is 0. The van der Waals surface area contributed by atoms with E-state index < -0.39 is 0 Å². The molecule has 3 heterocycles. The van der Waals surface area contributed by atoms with Gasteiger partial charge in [0.25, 0.3) is 0 Å². The van der Waals surface area contributed by atoms with Crippen LogP contribution in [-0.2, 0) is 11.2 Å². The number of anilines is 1. The monoisotopic (exact) mass is 433 g/mol. The van der Waals surface area contributed by atoms with E-state index in [1.165, 1.54) is 0 Å². The van der Waals surface area contributed by atoms with Crippen LogP contribution in [0.2, 0.25) is 0 Å². The van der Waals surface area contributed by atoms with E-state index in [1.54, 1.807) is 0 Å². The molecule has 0 unspecified atom stereocenters. The highest BCUT2D eigenvalue weighted by Gasteiger charge is 2.24. The van der Waals surface area contributed by atoms with E-state index in [0.29, 0.717) is 5.92 Å². The molecule has 2 aromatic heterocycles. The fourth-order valence-corrected chi connectivity index (χ4v) is 4.83. The average molecular weight is 434 g/mol. The van der Waals surface area contributed by atoms with Crippen molar-refractivity contribution in [2.24, 2.45) is 5.92 Å². The molecule has 1 saturated carbocycles. The zero-order valence-corrected chi connectivity index (χ0v) is 19.0. The Morgan fingerprint density at radius 3 is 2.56 bits per heavy atom. The highest BCUT2D eigenvalue weighted by atomic mass is 16.5. The number of ether oxygens (including phenoxy) is 2. The molecule has 7 nitrogen and oxygen atoms in total. The molecule has 1 aliphatic heterocycles. The number of nitrogens with zero attached hydrogens (tertiary/aromatic N) is 5. The number of hydrogen-bond donors (Lipinski definition) is 0. The van der Waals surface area contributed by atoms with Gasteiger partial charge in [0.05, 0.1) is 30.2 Å². The normalized spacial score (nSPS) is 21.6. The second-order valence-electron chi connectivity index (χ2n) is 8.95. The van der Waals surface area contributed by atoms with Gasteiger partial charge in [0.2, 0.25) is 0 Å². The first-order chi connectivity index (χ1) is 15.6. The Balaban J connectivity index is 1.30. The Kier molecular flexibility index (Phi) is 6.17. The van der Waals surface area contributed by atoms with Gasteiger partial charge >= 0.3 is 0 Å². The summed E-state index contributed by atoms with van der Waals surface area (Å²) in [5.41, 5.74) is 3.25. The van der Waals surface area contributed by atoms with Crippen LogP contribution in [0.5, 0.6) is 5.75 Å². The van der Waals surface area contributed by atoms with Crippen molar-refractivity contribution < 1.29 is 9.47 Å². The molecule has 5 rings (SSSR count). The maximum Gasteiger partial charge on any atom is 0.132 e. The minimum Gasteiger partial charge on any atom is -0.490 e. The van der Waals surface area contributed by atoms with Gasteiger partial charge in [-0.15, -0.1) is 0 Å². The van der Waals surface area contributed by atoms with E-state index in [9.17, 15) is 0 Å². The van der Waals surface area contributed by atoms with Crippen molar-refractivity contribution in [1.82, 2.24) is 19.9 Å². The van der Waals surface area contributed by atoms with E-state index in [-0.39, 0.29) is 6.10 Å². The van der Waals surface area contributed by atoms with Crippen molar-refractivity contribution in [3.8, 4) is 5.75 Å². The van der Waals surface area contributed by atoms with Crippen LogP contribution < -0.4 is 9.64 Å². The van der Waals surface area contributed by atoms with E-state index >= 15 is 0 Å². The molecule has 0 spiro atoms. The number of aromatic nitrogens is 4. The Morgan fingerprint density at radius 1 is 1.00 bits per heavy atom. The second kappa shape index (κ2) is 9.36. The topological polar surface area (TPSA) is 73.3 Å². The van der Waals surface area contributed by atoms with E-state index in [0.717, 1.165) is 98.1 Å². The van der Waals surface area contributed by atoms with Crippen LogP contribution in [0.1, 0.15) is 43.0 Å². The number of morpholine rings is 1. The summed E-state index contributed by atoms with van der Waals surface area (Å²) in [4.78, 5) is 20.3. The standard InChI is InChI=1S/C25H31N5O2/c1-17-26-8-7-20(28-17)13-19-3-5-22(6-4-19)32-25-15-21(30-9-11-31-12-10-30)14-24-23(25)16-27-18(2)29-24/h7-8,14-16,19,22H,3-6,9-13H2,1-2H3. The number of hydrogen-bond acceptors (Lipinski definition) is 7. The molecule has 7 heteroatoms. The molecule has 0 bridgehead atoms. The van der Waals surface area contributed by atoms with Gasteiger partial charge in [-0.3, -0.25) is 0 Å². The molecule has 2 fully saturated rings. The molecule has 0 radical (unpaired) electrons. The predicted molar refractivity (Wildman–Crippen MR) is 124 cm³/mol. The van der Waals surface area contributed by atoms with Crippen LogP contribution in [-0.4, -0.2) is 52.3 Å². The Hall–Kier alpha value is -2.80. The molecule has 0 amide bonds. The van der Waals surface area contributed by atoms with Crippen molar-refractivity contribution in [2.45, 2.75) is 52.1 Å². The van der Waals surface area contributed by atoms with Crippen LogP contribution in [0.3, 0.4) is 0 Å². The second-order valence-corrected chi connectivity index (χ2v) is 8.95. The van der Waals surface area contributed by atoms with Gasteiger partial charge < -0.3 is 14.4 Å². The summed E-state index contributed by atoms with van der Waals surface area (Å²) in [5, 5.41) is 0.992. The Bertz CT molecular complexity index is 1080. The smallest absolute Gasteiger partial charge is 0.132 e. The van der Waals surface area contributed by atoms with Gasteiger partial charge in [0, 0.05) is 42.9 Å². The zero-order valence-electron chi connectivity index (χ0n) is 19.0. The fourth-order valence-electron chi connectivity index (χ4n) is 4.83. The van der Waals surface area contributed by atoms with Gasteiger partial charge in [-0.25, -0.2) is 19.9 Å². The number of rotatable bonds is 5. The molecule has 32 heavy (non-hydrogen) atoms. The quantitative estimate of drug-likeness (QED) is 0.601. The van der Waals surface area contributed by atoms with Crippen molar-refractivity contribution in [3.05, 3.63) is 47.9 Å².